The van der Waals surface area contributed by atoms with Crippen LogP contribution in [0, 0.1) is 0 Å². The van der Waals surface area contributed by atoms with Crippen molar-refractivity contribution < 1.29 is 9.47 Å². The third-order valence-corrected chi connectivity index (χ3v) is 6.44. The van der Waals surface area contributed by atoms with E-state index in [-0.39, 0.29) is 5.41 Å². The van der Waals surface area contributed by atoms with E-state index in [4.69, 9.17) is 9.47 Å². The number of hydrogen-bond donors (Lipinski definition) is 1. The summed E-state index contributed by atoms with van der Waals surface area (Å²) >= 11 is 0. The second kappa shape index (κ2) is 10.6. The summed E-state index contributed by atoms with van der Waals surface area (Å²) in [5, 5.41) is 3.68. The lowest BCUT2D eigenvalue weighted by atomic mass is 9.74. The van der Waals surface area contributed by atoms with Crippen molar-refractivity contribution >= 4 is 11.9 Å². The lowest BCUT2D eigenvalue weighted by Crippen LogP contribution is -2.55. The molecule has 0 saturated carbocycles. The van der Waals surface area contributed by atoms with Crippen molar-refractivity contribution in [2.75, 3.05) is 64.5 Å². The van der Waals surface area contributed by atoms with E-state index in [9.17, 15) is 0 Å². The van der Waals surface area contributed by atoms with Crippen LogP contribution < -0.4 is 15.0 Å². The summed E-state index contributed by atoms with van der Waals surface area (Å²) in [4.78, 5) is 17.9. The number of nitrogens with zero attached hydrogens (tertiary/aromatic N) is 5. The van der Waals surface area contributed by atoms with Gasteiger partial charge in [0.1, 0.15) is 5.75 Å². The van der Waals surface area contributed by atoms with Crippen molar-refractivity contribution in [2.45, 2.75) is 25.2 Å². The first kappa shape index (κ1) is 22.3. The molecule has 2 aromatic rings. The summed E-state index contributed by atoms with van der Waals surface area (Å²) in [6.07, 6.45) is 5.57. The Balaban J connectivity index is 1.40. The van der Waals surface area contributed by atoms with Crippen molar-refractivity contribution in [3.63, 3.8) is 0 Å². The van der Waals surface area contributed by atoms with Crippen LogP contribution in [-0.2, 0) is 10.2 Å². The fraction of sp³-hybridized carbons (Fsp3) is 0.542. The second-order valence-electron chi connectivity index (χ2n) is 8.27. The van der Waals surface area contributed by atoms with Gasteiger partial charge in [0.15, 0.2) is 5.96 Å². The first-order valence-electron chi connectivity index (χ1n) is 11.5. The van der Waals surface area contributed by atoms with Gasteiger partial charge in [0, 0.05) is 70.8 Å². The van der Waals surface area contributed by atoms with E-state index in [0.717, 1.165) is 76.4 Å². The molecule has 0 unspecified atom stereocenters. The van der Waals surface area contributed by atoms with E-state index in [2.05, 4.69) is 54.3 Å². The molecule has 1 aromatic carbocycles. The minimum atomic E-state index is 0.0264. The highest BCUT2D eigenvalue weighted by molar-refractivity contribution is 5.80. The average molecular weight is 439 g/mol. The van der Waals surface area contributed by atoms with Gasteiger partial charge in [-0.25, -0.2) is 9.97 Å². The molecule has 172 valence electrons. The van der Waals surface area contributed by atoms with Crippen LogP contribution in [0.25, 0.3) is 0 Å². The number of guanidine groups is 1. The van der Waals surface area contributed by atoms with E-state index >= 15 is 0 Å². The largest absolute Gasteiger partial charge is 0.494 e. The van der Waals surface area contributed by atoms with Crippen molar-refractivity contribution in [2.24, 2.45) is 4.99 Å². The van der Waals surface area contributed by atoms with Crippen molar-refractivity contribution in [1.29, 1.82) is 0 Å². The molecule has 2 aliphatic heterocycles. The molecule has 2 saturated heterocycles. The summed E-state index contributed by atoms with van der Waals surface area (Å²) in [7, 11) is 1.86. The number of nitrogens with one attached hydrogen (secondary N) is 1. The average Bonchev–Trinajstić information content (AvgIpc) is 2.86. The zero-order valence-electron chi connectivity index (χ0n) is 19.2. The molecule has 1 aromatic heterocycles. The first-order chi connectivity index (χ1) is 15.7. The Bertz CT molecular complexity index is 860. The molecule has 0 aliphatic carbocycles. The maximum Gasteiger partial charge on any atom is 0.225 e. The highest BCUT2D eigenvalue weighted by Crippen LogP contribution is 2.35. The van der Waals surface area contributed by atoms with E-state index in [1.807, 2.05) is 20.0 Å². The van der Waals surface area contributed by atoms with Crippen LogP contribution in [0.1, 0.15) is 25.3 Å². The number of hydrogen-bond acceptors (Lipinski definition) is 6. The zero-order valence-corrected chi connectivity index (χ0v) is 19.2. The molecule has 0 bridgehead atoms. The monoisotopic (exact) mass is 438 g/mol. The molecular formula is C24H34N6O2. The van der Waals surface area contributed by atoms with Gasteiger partial charge in [0.05, 0.1) is 6.61 Å². The van der Waals surface area contributed by atoms with Gasteiger partial charge in [-0.2, -0.15) is 0 Å². The second-order valence-corrected chi connectivity index (χ2v) is 8.27. The van der Waals surface area contributed by atoms with Crippen LogP contribution in [0.2, 0.25) is 0 Å². The Kier molecular flexibility index (Phi) is 7.42. The topological polar surface area (TPSA) is 75.1 Å². The smallest absolute Gasteiger partial charge is 0.225 e. The lowest BCUT2D eigenvalue weighted by molar-refractivity contribution is 0.0511. The van der Waals surface area contributed by atoms with Gasteiger partial charge in [-0.05, 0) is 43.5 Å². The van der Waals surface area contributed by atoms with Crippen LogP contribution in [0.4, 0.5) is 5.95 Å². The SMILES string of the molecule is CCOc1ccc(C2(CNC(=NC)N3CCN(c4ncccn4)CC3)CCOCC2)cc1. The molecule has 1 N–H and O–H groups in total. The lowest BCUT2D eigenvalue weighted by Gasteiger charge is -2.40. The van der Waals surface area contributed by atoms with Crippen molar-refractivity contribution in [3.05, 3.63) is 48.3 Å². The van der Waals surface area contributed by atoms with Crippen molar-refractivity contribution in [3.8, 4) is 5.75 Å². The Labute approximate surface area is 190 Å². The zero-order chi connectivity index (χ0) is 22.2. The van der Waals surface area contributed by atoms with Gasteiger partial charge in [0.25, 0.3) is 0 Å². The number of piperazine rings is 1. The normalized spacial score (nSPS) is 19.0. The highest BCUT2D eigenvalue weighted by atomic mass is 16.5. The van der Waals surface area contributed by atoms with Crippen molar-refractivity contribution in [1.82, 2.24) is 20.2 Å². The van der Waals surface area contributed by atoms with Gasteiger partial charge >= 0.3 is 0 Å². The minimum Gasteiger partial charge on any atom is -0.494 e. The molecule has 8 nitrogen and oxygen atoms in total. The summed E-state index contributed by atoms with van der Waals surface area (Å²) in [6, 6.07) is 10.4. The van der Waals surface area contributed by atoms with Gasteiger partial charge in [-0.15, -0.1) is 0 Å². The number of ether oxygens (including phenoxy) is 2. The van der Waals surface area contributed by atoms with Crippen LogP contribution in [0.5, 0.6) is 5.75 Å². The molecule has 3 heterocycles. The third kappa shape index (κ3) is 5.12. The number of aliphatic imine (C=N–C) groups is 1. The summed E-state index contributed by atoms with van der Waals surface area (Å²) in [5.74, 6) is 2.67. The quantitative estimate of drug-likeness (QED) is 0.548. The molecule has 0 atom stereocenters. The van der Waals surface area contributed by atoms with Gasteiger partial charge < -0.3 is 24.6 Å². The van der Waals surface area contributed by atoms with Gasteiger partial charge in [-0.3, -0.25) is 4.99 Å². The van der Waals surface area contributed by atoms with Gasteiger partial charge in [-0.1, -0.05) is 12.1 Å². The Hall–Kier alpha value is -2.87. The molecule has 0 radical (unpaired) electrons. The molecule has 32 heavy (non-hydrogen) atoms. The first-order valence-corrected chi connectivity index (χ1v) is 11.5. The van der Waals surface area contributed by atoms with E-state index in [1.165, 1.54) is 5.56 Å². The summed E-state index contributed by atoms with van der Waals surface area (Å²) in [5.41, 5.74) is 1.36. The maximum atomic E-state index is 5.70. The van der Waals surface area contributed by atoms with Crippen LogP contribution in [-0.4, -0.2) is 80.4 Å². The van der Waals surface area contributed by atoms with E-state index in [0.29, 0.717) is 6.61 Å². The highest BCUT2D eigenvalue weighted by Gasteiger charge is 2.35. The molecule has 4 rings (SSSR count). The fourth-order valence-corrected chi connectivity index (χ4v) is 4.55. The van der Waals surface area contributed by atoms with Crippen LogP contribution >= 0.6 is 0 Å². The number of aromatic nitrogens is 2. The van der Waals surface area contributed by atoms with Gasteiger partial charge in [0.2, 0.25) is 5.95 Å². The molecule has 8 heteroatoms. The van der Waals surface area contributed by atoms with Crippen LogP contribution in [0.3, 0.4) is 0 Å². The molecule has 0 spiro atoms. The van der Waals surface area contributed by atoms with E-state index < -0.39 is 0 Å². The predicted octanol–water partition coefficient (Wildman–Crippen LogP) is 2.32. The molecule has 2 aliphatic rings. The number of benzene rings is 1. The number of anilines is 1. The maximum absolute atomic E-state index is 5.70. The Morgan fingerprint density at radius 3 is 2.41 bits per heavy atom. The Morgan fingerprint density at radius 2 is 1.78 bits per heavy atom. The predicted molar refractivity (Wildman–Crippen MR) is 127 cm³/mol. The summed E-state index contributed by atoms with van der Waals surface area (Å²) in [6.45, 7) is 8.61. The molecular weight excluding hydrogens is 404 g/mol. The van der Waals surface area contributed by atoms with Crippen LogP contribution in [0.15, 0.2) is 47.7 Å². The summed E-state index contributed by atoms with van der Waals surface area (Å²) < 4.78 is 11.3. The standard InChI is InChI=1S/C24H34N6O2/c1-3-32-21-7-5-20(6-8-21)24(9-17-31-18-10-24)19-28-22(25-2)29-13-15-30(16-14-29)23-26-11-4-12-27-23/h4-8,11-12H,3,9-10,13-19H2,1-2H3,(H,25,28). The fourth-order valence-electron chi connectivity index (χ4n) is 4.55. The molecule has 2 fully saturated rings. The third-order valence-electron chi connectivity index (χ3n) is 6.44. The molecule has 0 amide bonds. The number of rotatable bonds is 6. The Morgan fingerprint density at radius 1 is 1.09 bits per heavy atom. The minimum absolute atomic E-state index is 0.0264. The van der Waals surface area contributed by atoms with E-state index in [1.54, 1.807) is 12.4 Å².